The second kappa shape index (κ2) is 8.19. The number of carbonyl (C=O) groups is 2. The van der Waals surface area contributed by atoms with Gasteiger partial charge < -0.3 is 14.9 Å². The molecule has 0 radical (unpaired) electrons. The molecule has 1 heterocycles. The predicted octanol–water partition coefficient (Wildman–Crippen LogP) is 4.47. The number of phenolic OH excluding ortho intramolecular Hbond substituents is 1. The summed E-state index contributed by atoms with van der Waals surface area (Å²) in [6, 6.07) is 15.7. The van der Waals surface area contributed by atoms with Gasteiger partial charge in [-0.1, -0.05) is 18.2 Å². The first kappa shape index (κ1) is 21.1. The third-order valence-corrected chi connectivity index (χ3v) is 5.42. The lowest BCUT2D eigenvalue weighted by Gasteiger charge is -2.25. The number of hydrogen-bond acceptors (Lipinski definition) is 5. The van der Waals surface area contributed by atoms with Crippen LogP contribution in [0.2, 0.25) is 0 Å². The second-order valence-electron chi connectivity index (χ2n) is 7.43. The van der Waals surface area contributed by atoms with Crippen molar-refractivity contribution in [2.24, 2.45) is 0 Å². The minimum atomic E-state index is -0.965. The Kier molecular flexibility index (Phi) is 5.40. The van der Waals surface area contributed by atoms with E-state index in [1.165, 1.54) is 42.3 Å². The number of halogens is 1. The van der Waals surface area contributed by atoms with E-state index in [0.29, 0.717) is 17.0 Å². The normalized spacial score (nSPS) is 17.6. The number of methoxy groups -OCH3 is 1. The number of aryl methyl sites for hydroxylation is 1. The van der Waals surface area contributed by atoms with Crippen molar-refractivity contribution in [3.63, 3.8) is 0 Å². The number of ketones is 1. The van der Waals surface area contributed by atoms with Gasteiger partial charge in [0, 0.05) is 17.3 Å². The summed E-state index contributed by atoms with van der Waals surface area (Å²) in [7, 11) is 1.49. The lowest BCUT2D eigenvalue weighted by atomic mass is 9.94. The lowest BCUT2D eigenvalue weighted by molar-refractivity contribution is -0.132. The molecular formula is C25H20FNO5. The van der Waals surface area contributed by atoms with Crippen LogP contribution in [-0.4, -0.2) is 29.0 Å². The van der Waals surface area contributed by atoms with E-state index in [4.69, 9.17) is 4.74 Å². The molecule has 1 aliphatic rings. The van der Waals surface area contributed by atoms with Gasteiger partial charge in [-0.25, -0.2) is 4.39 Å². The maximum absolute atomic E-state index is 13.7. The zero-order valence-corrected chi connectivity index (χ0v) is 17.4. The molecule has 0 aromatic heterocycles. The van der Waals surface area contributed by atoms with Crippen molar-refractivity contribution in [1.29, 1.82) is 0 Å². The number of aromatic hydroxyl groups is 1. The summed E-state index contributed by atoms with van der Waals surface area (Å²) >= 11 is 0. The van der Waals surface area contributed by atoms with Gasteiger partial charge in [0.15, 0.2) is 0 Å². The molecule has 1 saturated heterocycles. The van der Waals surface area contributed by atoms with Crippen LogP contribution in [0.25, 0.3) is 5.76 Å². The Morgan fingerprint density at radius 3 is 2.41 bits per heavy atom. The SMILES string of the molecule is COc1cccc(N2C(=O)C(=O)/C(=C(/O)c3ccc(F)c(C)c3)C2c2ccc(O)cc2)c1. The topological polar surface area (TPSA) is 87.1 Å². The molecule has 2 N–H and O–H groups in total. The molecule has 1 atom stereocenters. The molecule has 32 heavy (non-hydrogen) atoms. The second-order valence-corrected chi connectivity index (χ2v) is 7.43. The predicted molar refractivity (Wildman–Crippen MR) is 117 cm³/mol. The monoisotopic (exact) mass is 433 g/mol. The van der Waals surface area contributed by atoms with E-state index in [2.05, 4.69) is 0 Å². The van der Waals surface area contributed by atoms with Crippen LogP contribution in [-0.2, 0) is 9.59 Å². The molecular weight excluding hydrogens is 413 g/mol. The number of amides is 1. The van der Waals surface area contributed by atoms with Crippen molar-refractivity contribution in [3.8, 4) is 11.5 Å². The molecule has 3 aromatic rings. The summed E-state index contributed by atoms with van der Waals surface area (Å²) < 4.78 is 19.0. The van der Waals surface area contributed by atoms with E-state index < -0.39 is 29.3 Å². The van der Waals surface area contributed by atoms with Crippen LogP contribution in [0, 0.1) is 12.7 Å². The van der Waals surface area contributed by atoms with Gasteiger partial charge in [0.25, 0.3) is 11.7 Å². The Hall–Kier alpha value is -4.13. The quantitative estimate of drug-likeness (QED) is 0.360. The number of anilines is 1. The Morgan fingerprint density at radius 1 is 1.03 bits per heavy atom. The molecule has 0 bridgehead atoms. The number of hydrogen-bond donors (Lipinski definition) is 2. The Bertz CT molecular complexity index is 1250. The van der Waals surface area contributed by atoms with Crippen molar-refractivity contribution >= 4 is 23.1 Å². The van der Waals surface area contributed by atoms with E-state index in [0.717, 1.165) is 0 Å². The van der Waals surface area contributed by atoms with Crippen molar-refractivity contribution < 1.29 is 28.9 Å². The van der Waals surface area contributed by atoms with Gasteiger partial charge in [-0.15, -0.1) is 0 Å². The van der Waals surface area contributed by atoms with Gasteiger partial charge in [-0.05, 0) is 60.5 Å². The van der Waals surface area contributed by atoms with Crippen molar-refractivity contribution in [1.82, 2.24) is 0 Å². The molecule has 0 saturated carbocycles. The largest absolute Gasteiger partial charge is 0.508 e. The fourth-order valence-electron chi connectivity index (χ4n) is 3.78. The number of benzene rings is 3. The molecule has 1 unspecified atom stereocenters. The van der Waals surface area contributed by atoms with Gasteiger partial charge in [0.05, 0.1) is 18.7 Å². The fourth-order valence-corrected chi connectivity index (χ4v) is 3.78. The lowest BCUT2D eigenvalue weighted by Crippen LogP contribution is -2.29. The van der Waals surface area contributed by atoms with Gasteiger partial charge in [0.2, 0.25) is 0 Å². The third-order valence-electron chi connectivity index (χ3n) is 5.42. The summed E-state index contributed by atoms with van der Waals surface area (Å²) in [4.78, 5) is 27.5. The highest BCUT2D eigenvalue weighted by molar-refractivity contribution is 6.51. The average molecular weight is 433 g/mol. The van der Waals surface area contributed by atoms with Crippen LogP contribution in [0.15, 0.2) is 72.3 Å². The molecule has 7 heteroatoms. The van der Waals surface area contributed by atoms with E-state index in [1.54, 1.807) is 43.3 Å². The number of carbonyl (C=O) groups excluding carboxylic acids is 2. The number of ether oxygens (including phenoxy) is 1. The summed E-state index contributed by atoms with van der Waals surface area (Å²) in [5.41, 5.74) is 1.28. The molecule has 4 rings (SSSR count). The van der Waals surface area contributed by atoms with Crippen molar-refractivity contribution in [2.75, 3.05) is 12.0 Å². The maximum atomic E-state index is 13.7. The highest BCUT2D eigenvalue weighted by Gasteiger charge is 2.47. The highest BCUT2D eigenvalue weighted by Crippen LogP contribution is 2.43. The standard InChI is InChI=1S/C25H20FNO5/c1-14-12-16(8-11-20(14)26)23(29)21-22(15-6-9-18(28)10-7-15)27(25(31)24(21)30)17-4-3-5-19(13-17)32-2/h3-13,22,28-29H,1-2H3/b23-21+. The van der Waals surface area contributed by atoms with Gasteiger partial charge in [-0.2, -0.15) is 0 Å². The van der Waals surface area contributed by atoms with Crippen LogP contribution in [0.5, 0.6) is 11.5 Å². The Balaban J connectivity index is 1.95. The number of aliphatic hydroxyl groups is 1. The molecule has 6 nitrogen and oxygen atoms in total. The van der Waals surface area contributed by atoms with Gasteiger partial charge in [0.1, 0.15) is 23.1 Å². The molecule has 1 aliphatic heterocycles. The smallest absolute Gasteiger partial charge is 0.300 e. The van der Waals surface area contributed by atoms with E-state index >= 15 is 0 Å². The first-order valence-electron chi connectivity index (χ1n) is 9.82. The molecule has 0 aliphatic carbocycles. The minimum Gasteiger partial charge on any atom is -0.508 e. The number of aliphatic hydroxyl groups excluding tert-OH is 1. The van der Waals surface area contributed by atoms with Gasteiger partial charge in [-0.3, -0.25) is 14.5 Å². The summed E-state index contributed by atoms with van der Waals surface area (Å²) in [5, 5.41) is 20.8. The third kappa shape index (κ3) is 3.58. The van der Waals surface area contributed by atoms with E-state index in [9.17, 15) is 24.2 Å². The summed E-state index contributed by atoms with van der Waals surface area (Å²) in [6.45, 7) is 1.54. The fraction of sp³-hybridized carbons (Fsp3) is 0.120. The van der Waals surface area contributed by atoms with Crippen molar-refractivity contribution in [2.45, 2.75) is 13.0 Å². The van der Waals surface area contributed by atoms with Gasteiger partial charge >= 0.3 is 0 Å². The minimum absolute atomic E-state index is 0.0150. The zero-order chi connectivity index (χ0) is 23.0. The summed E-state index contributed by atoms with van der Waals surface area (Å²) in [6.07, 6.45) is 0. The number of Topliss-reactive ketones (excluding diaryl/α,β-unsaturated/α-hetero) is 1. The molecule has 1 amide bonds. The van der Waals surface area contributed by atoms with Crippen LogP contribution in [0.1, 0.15) is 22.7 Å². The molecule has 162 valence electrons. The van der Waals surface area contributed by atoms with Crippen LogP contribution in [0.3, 0.4) is 0 Å². The first-order valence-corrected chi connectivity index (χ1v) is 9.82. The number of rotatable bonds is 4. The summed E-state index contributed by atoms with van der Waals surface area (Å²) in [5.74, 6) is -2.05. The average Bonchev–Trinajstić information content (AvgIpc) is 3.06. The highest BCUT2D eigenvalue weighted by atomic mass is 19.1. The van der Waals surface area contributed by atoms with Crippen LogP contribution < -0.4 is 9.64 Å². The van der Waals surface area contributed by atoms with Crippen LogP contribution in [0.4, 0.5) is 10.1 Å². The molecule has 0 spiro atoms. The Morgan fingerprint density at radius 2 is 1.75 bits per heavy atom. The number of nitrogens with zero attached hydrogens (tertiary/aromatic N) is 1. The maximum Gasteiger partial charge on any atom is 0.300 e. The molecule has 3 aromatic carbocycles. The first-order chi connectivity index (χ1) is 15.3. The Labute approximate surface area is 183 Å². The number of phenols is 1. The van der Waals surface area contributed by atoms with E-state index in [-0.39, 0.29) is 22.4 Å². The van der Waals surface area contributed by atoms with Crippen molar-refractivity contribution in [3.05, 3.63) is 94.8 Å². The van der Waals surface area contributed by atoms with Crippen LogP contribution >= 0.6 is 0 Å². The zero-order valence-electron chi connectivity index (χ0n) is 17.4. The molecule has 1 fully saturated rings. The van der Waals surface area contributed by atoms with E-state index in [1.807, 2.05) is 0 Å².